The third-order valence-electron chi connectivity index (χ3n) is 5.34. The molecule has 0 aromatic carbocycles. The maximum Gasteiger partial charge on any atom is 0.0693 e. The molecular formula is C17H34N2O. The molecule has 1 saturated carbocycles. The molecule has 3 unspecified atom stereocenters. The van der Waals surface area contributed by atoms with Crippen molar-refractivity contribution in [3.05, 3.63) is 0 Å². The van der Waals surface area contributed by atoms with E-state index in [2.05, 4.69) is 24.1 Å². The predicted molar refractivity (Wildman–Crippen MR) is 84.9 cm³/mol. The summed E-state index contributed by atoms with van der Waals surface area (Å²) < 4.78 is 0. The van der Waals surface area contributed by atoms with E-state index in [1.807, 2.05) is 0 Å². The van der Waals surface area contributed by atoms with Crippen molar-refractivity contribution in [2.24, 2.45) is 5.92 Å². The van der Waals surface area contributed by atoms with Gasteiger partial charge >= 0.3 is 0 Å². The maximum absolute atomic E-state index is 10.2. The Kier molecular flexibility index (Phi) is 6.79. The Hall–Kier alpha value is -0.120. The Morgan fingerprint density at radius 3 is 2.50 bits per heavy atom. The Morgan fingerprint density at radius 1 is 1.10 bits per heavy atom. The Labute approximate surface area is 125 Å². The van der Waals surface area contributed by atoms with Crippen LogP contribution in [0.15, 0.2) is 0 Å². The van der Waals surface area contributed by atoms with Crippen molar-refractivity contribution in [2.45, 2.75) is 83.4 Å². The third-order valence-corrected chi connectivity index (χ3v) is 5.34. The zero-order chi connectivity index (χ0) is 14.4. The molecule has 0 bridgehead atoms. The second kappa shape index (κ2) is 8.35. The van der Waals surface area contributed by atoms with Gasteiger partial charge in [0, 0.05) is 12.1 Å². The van der Waals surface area contributed by atoms with Gasteiger partial charge in [0.15, 0.2) is 0 Å². The summed E-state index contributed by atoms with van der Waals surface area (Å²) in [5.41, 5.74) is 0. The first-order chi connectivity index (χ1) is 9.70. The minimum Gasteiger partial charge on any atom is -0.392 e. The van der Waals surface area contributed by atoms with Gasteiger partial charge in [-0.15, -0.1) is 0 Å². The van der Waals surface area contributed by atoms with E-state index in [1.54, 1.807) is 0 Å². The minimum absolute atomic E-state index is 0.125. The van der Waals surface area contributed by atoms with Crippen molar-refractivity contribution < 1.29 is 5.11 Å². The zero-order valence-corrected chi connectivity index (χ0v) is 13.5. The van der Waals surface area contributed by atoms with E-state index in [0.29, 0.717) is 12.1 Å². The van der Waals surface area contributed by atoms with Crippen LogP contribution in [-0.4, -0.2) is 47.8 Å². The summed E-state index contributed by atoms with van der Waals surface area (Å²) in [6, 6.07) is 0.887. The first-order valence-corrected chi connectivity index (χ1v) is 8.87. The van der Waals surface area contributed by atoms with Gasteiger partial charge in [-0.3, -0.25) is 0 Å². The molecule has 2 rings (SSSR count). The van der Waals surface area contributed by atoms with Crippen LogP contribution in [-0.2, 0) is 0 Å². The molecule has 118 valence electrons. The number of aliphatic hydroxyl groups is 1. The summed E-state index contributed by atoms with van der Waals surface area (Å²) in [4.78, 5) is 2.60. The molecule has 2 fully saturated rings. The van der Waals surface area contributed by atoms with E-state index >= 15 is 0 Å². The molecule has 1 heterocycles. The smallest absolute Gasteiger partial charge is 0.0693 e. The lowest BCUT2D eigenvalue weighted by Crippen LogP contribution is -2.49. The summed E-state index contributed by atoms with van der Waals surface area (Å²) in [5, 5.41) is 14.0. The lowest BCUT2D eigenvalue weighted by atomic mass is 9.89. The quantitative estimate of drug-likeness (QED) is 0.761. The second-order valence-corrected chi connectivity index (χ2v) is 6.95. The molecule has 0 spiro atoms. The molecule has 3 heteroatoms. The molecule has 20 heavy (non-hydrogen) atoms. The summed E-state index contributed by atoms with van der Waals surface area (Å²) in [7, 11) is 0. The number of nitrogens with zero attached hydrogens (tertiary/aromatic N) is 1. The fourth-order valence-corrected chi connectivity index (χ4v) is 3.95. The number of hydrogen-bond donors (Lipinski definition) is 2. The van der Waals surface area contributed by atoms with Crippen LogP contribution in [0, 0.1) is 5.92 Å². The van der Waals surface area contributed by atoms with E-state index in [1.165, 1.54) is 58.2 Å². The van der Waals surface area contributed by atoms with Crippen molar-refractivity contribution in [3.63, 3.8) is 0 Å². The normalized spacial score (nSPS) is 31.9. The highest BCUT2D eigenvalue weighted by molar-refractivity contribution is 4.85. The molecule has 2 N–H and O–H groups in total. The first-order valence-electron chi connectivity index (χ1n) is 8.87. The first kappa shape index (κ1) is 16.3. The highest BCUT2D eigenvalue weighted by Gasteiger charge is 2.28. The SMILES string of the molecule is CCCN1CCC(C(C)NC2CCCCCC2O)CC1. The summed E-state index contributed by atoms with van der Waals surface area (Å²) >= 11 is 0. The number of hydrogen-bond acceptors (Lipinski definition) is 3. The molecule has 0 aromatic rings. The number of piperidine rings is 1. The molecule has 1 aliphatic heterocycles. The van der Waals surface area contributed by atoms with Crippen LogP contribution < -0.4 is 5.32 Å². The fourth-order valence-electron chi connectivity index (χ4n) is 3.95. The highest BCUT2D eigenvalue weighted by Crippen LogP contribution is 2.24. The Bertz CT molecular complexity index is 264. The fraction of sp³-hybridized carbons (Fsp3) is 1.00. The summed E-state index contributed by atoms with van der Waals surface area (Å²) in [6.45, 7) is 8.38. The topological polar surface area (TPSA) is 35.5 Å². The number of nitrogens with one attached hydrogen (secondary N) is 1. The van der Waals surface area contributed by atoms with Gasteiger partial charge in [0.2, 0.25) is 0 Å². The molecule has 3 atom stereocenters. The van der Waals surface area contributed by atoms with Gasteiger partial charge in [-0.1, -0.05) is 26.2 Å². The van der Waals surface area contributed by atoms with E-state index in [9.17, 15) is 5.11 Å². The number of rotatable bonds is 5. The maximum atomic E-state index is 10.2. The van der Waals surface area contributed by atoms with Crippen molar-refractivity contribution in [3.8, 4) is 0 Å². The van der Waals surface area contributed by atoms with Crippen LogP contribution >= 0.6 is 0 Å². The lowest BCUT2D eigenvalue weighted by Gasteiger charge is -2.37. The van der Waals surface area contributed by atoms with Gasteiger partial charge in [0.1, 0.15) is 0 Å². The Balaban J connectivity index is 1.75. The van der Waals surface area contributed by atoms with Gasteiger partial charge in [0.25, 0.3) is 0 Å². The molecule has 2 aliphatic rings. The molecule has 0 radical (unpaired) electrons. The number of likely N-dealkylation sites (tertiary alicyclic amines) is 1. The molecule has 0 aromatic heterocycles. The average Bonchev–Trinajstić information content (AvgIpc) is 2.65. The highest BCUT2D eigenvalue weighted by atomic mass is 16.3. The van der Waals surface area contributed by atoms with Crippen molar-refractivity contribution in [2.75, 3.05) is 19.6 Å². The largest absolute Gasteiger partial charge is 0.392 e. The van der Waals surface area contributed by atoms with Gasteiger partial charge in [-0.05, 0) is 64.6 Å². The van der Waals surface area contributed by atoms with Crippen molar-refractivity contribution >= 4 is 0 Å². The summed E-state index contributed by atoms with van der Waals surface area (Å²) in [6.07, 6.45) is 9.68. The molecule has 0 amide bonds. The van der Waals surface area contributed by atoms with Crippen LogP contribution in [0.5, 0.6) is 0 Å². The predicted octanol–water partition coefficient (Wildman–Crippen LogP) is 2.78. The van der Waals surface area contributed by atoms with Gasteiger partial charge < -0.3 is 15.3 Å². The van der Waals surface area contributed by atoms with Crippen LogP contribution in [0.1, 0.15) is 65.2 Å². The van der Waals surface area contributed by atoms with E-state index in [4.69, 9.17) is 0 Å². The molecule has 1 saturated heterocycles. The van der Waals surface area contributed by atoms with Crippen LogP contribution in [0.25, 0.3) is 0 Å². The Morgan fingerprint density at radius 2 is 1.80 bits per heavy atom. The average molecular weight is 282 g/mol. The molecular weight excluding hydrogens is 248 g/mol. The third kappa shape index (κ3) is 4.71. The van der Waals surface area contributed by atoms with Gasteiger partial charge in [-0.2, -0.15) is 0 Å². The zero-order valence-electron chi connectivity index (χ0n) is 13.5. The lowest BCUT2D eigenvalue weighted by molar-refractivity contribution is 0.0985. The van der Waals surface area contributed by atoms with Crippen LogP contribution in [0.3, 0.4) is 0 Å². The van der Waals surface area contributed by atoms with Crippen LogP contribution in [0.4, 0.5) is 0 Å². The minimum atomic E-state index is -0.125. The van der Waals surface area contributed by atoms with Gasteiger partial charge in [0.05, 0.1) is 6.10 Å². The number of aliphatic hydroxyl groups excluding tert-OH is 1. The molecule has 3 nitrogen and oxygen atoms in total. The van der Waals surface area contributed by atoms with Crippen molar-refractivity contribution in [1.29, 1.82) is 0 Å². The van der Waals surface area contributed by atoms with Crippen molar-refractivity contribution in [1.82, 2.24) is 10.2 Å². The van der Waals surface area contributed by atoms with E-state index < -0.39 is 0 Å². The second-order valence-electron chi connectivity index (χ2n) is 6.95. The van der Waals surface area contributed by atoms with E-state index in [-0.39, 0.29) is 6.10 Å². The van der Waals surface area contributed by atoms with Crippen LogP contribution in [0.2, 0.25) is 0 Å². The summed E-state index contributed by atoms with van der Waals surface area (Å²) in [5.74, 6) is 0.790. The molecule has 1 aliphatic carbocycles. The van der Waals surface area contributed by atoms with E-state index in [0.717, 1.165) is 18.8 Å². The monoisotopic (exact) mass is 282 g/mol. The standard InChI is InChI=1S/C17H34N2O/c1-3-11-19-12-9-15(10-13-19)14(2)18-16-7-5-4-6-8-17(16)20/h14-18,20H,3-13H2,1-2H3. The van der Waals surface area contributed by atoms with Gasteiger partial charge in [-0.25, -0.2) is 0 Å².